The molecule has 0 aliphatic carbocycles. The van der Waals surface area contributed by atoms with Gasteiger partial charge in [0.05, 0.1) is 12.2 Å². The van der Waals surface area contributed by atoms with Crippen LogP contribution in [0.25, 0.3) is 0 Å². The van der Waals surface area contributed by atoms with Crippen molar-refractivity contribution >= 4 is 0 Å². The Morgan fingerprint density at radius 3 is 3.00 bits per heavy atom. The first-order valence-electron chi connectivity index (χ1n) is 6.60. The van der Waals surface area contributed by atoms with Gasteiger partial charge >= 0.3 is 0 Å². The van der Waals surface area contributed by atoms with Crippen LogP contribution in [0, 0.1) is 11.3 Å². The fourth-order valence-corrected chi connectivity index (χ4v) is 2.20. The van der Waals surface area contributed by atoms with E-state index >= 15 is 0 Å². The van der Waals surface area contributed by atoms with Crippen molar-refractivity contribution < 1.29 is 4.74 Å². The van der Waals surface area contributed by atoms with Gasteiger partial charge in [-0.25, -0.2) is 0 Å². The molecule has 1 fully saturated rings. The summed E-state index contributed by atoms with van der Waals surface area (Å²) in [5.74, 6) is 0. The molecule has 0 bridgehead atoms. The first-order valence-corrected chi connectivity index (χ1v) is 6.60. The summed E-state index contributed by atoms with van der Waals surface area (Å²) in [6.45, 7) is 10.7. The Labute approximate surface area is 105 Å². The van der Waals surface area contributed by atoms with Crippen LogP contribution >= 0.6 is 0 Å². The first-order chi connectivity index (χ1) is 8.09. The van der Waals surface area contributed by atoms with Crippen LogP contribution in [-0.4, -0.2) is 49.3 Å². The number of hydrogen-bond donors (Lipinski definition) is 1. The third-order valence-electron chi connectivity index (χ3n) is 3.09. The van der Waals surface area contributed by atoms with E-state index < -0.39 is 5.54 Å². The molecule has 0 amide bonds. The minimum absolute atomic E-state index is 0.270. The predicted molar refractivity (Wildman–Crippen MR) is 68.8 cm³/mol. The van der Waals surface area contributed by atoms with E-state index in [0.29, 0.717) is 0 Å². The molecule has 0 spiro atoms. The van der Waals surface area contributed by atoms with Crippen LogP contribution in [0.5, 0.6) is 0 Å². The van der Waals surface area contributed by atoms with Gasteiger partial charge in [0.15, 0.2) is 0 Å². The molecule has 2 unspecified atom stereocenters. The maximum atomic E-state index is 9.31. The van der Waals surface area contributed by atoms with Crippen LogP contribution in [0.2, 0.25) is 0 Å². The Hall–Kier alpha value is -0.630. The second-order valence-corrected chi connectivity index (χ2v) is 5.14. The topological polar surface area (TPSA) is 48.3 Å². The fraction of sp³-hybridized carbons (Fsp3) is 0.923. The van der Waals surface area contributed by atoms with E-state index in [1.165, 1.54) is 0 Å². The van der Waals surface area contributed by atoms with Crippen molar-refractivity contribution in [2.75, 3.05) is 32.8 Å². The number of nitrogens with one attached hydrogen (secondary N) is 1. The van der Waals surface area contributed by atoms with Crippen molar-refractivity contribution in [3.8, 4) is 6.07 Å². The highest BCUT2D eigenvalue weighted by molar-refractivity contribution is 5.05. The minimum atomic E-state index is -0.444. The quantitative estimate of drug-likeness (QED) is 0.787. The van der Waals surface area contributed by atoms with E-state index in [0.717, 1.165) is 45.6 Å². The van der Waals surface area contributed by atoms with E-state index in [9.17, 15) is 5.26 Å². The molecule has 0 aromatic rings. The largest absolute Gasteiger partial charge is 0.377 e. The predicted octanol–water partition coefficient (Wildman–Crippen LogP) is 1.38. The molecule has 1 aliphatic rings. The first kappa shape index (κ1) is 14.4. The SMILES string of the molecule is CCCNC(C)(C#N)CN1CCCOC(C)C1. The lowest BCUT2D eigenvalue weighted by molar-refractivity contribution is 0.0652. The Morgan fingerprint density at radius 1 is 1.59 bits per heavy atom. The summed E-state index contributed by atoms with van der Waals surface area (Å²) in [6.07, 6.45) is 2.38. The third-order valence-corrected chi connectivity index (χ3v) is 3.09. The van der Waals surface area contributed by atoms with Gasteiger partial charge in [0.1, 0.15) is 5.54 Å². The van der Waals surface area contributed by atoms with E-state index in [-0.39, 0.29) is 6.10 Å². The summed E-state index contributed by atoms with van der Waals surface area (Å²) in [7, 11) is 0. The molecule has 1 aliphatic heterocycles. The fourth-order valence-electron chi connectivity index (χ4n) is 2.20. The molecule has 17 heavy (non-hydrogen) atoms. The Balaban J connectivity index is 2.51. The van der Waals surface area contributed by atoms with Gasteiger partial charge in [0, 0.05) is 26.2 Å². The lowest BCUT2D eigenvalue weighted by atomic mass is 10.0. The van der Waals surface area contributed by atoms with Crippen molar-refractivity contribution in [1.82, 2.24) is 10.2 Å². The Bertz CT molecular complexity index is 264. The highest BCUT2D eigenvalue weighted by Crippen LogP contribution is 2.11. The molecule has 1 rings (SSSR count). The molecule has 1 heterocycles. The molecule has 0 aromatic carbocycles. The average Bonchev–Trinajstić information content (AvgIpc) is 2.51. The minimum Gasteiger partial charge on any atom is -0.377 e. The number of nitriles is 1. The van der Waals surface area contributed by atoms with Crippen LogP contribution in [0.1, 0.15) is 33.6 Å². The molecule has 4 nitrogen and oxygen atoms in total. The van der Waals surface area contributed by atoms with Gasteiger partial charge in [-0.1, -0.05) is 6.92 Å². The molecule has 4 heteroatoms. The summed E-state index contributed by atoms with van der Waals surface area (Å²) in [6, 6.07) is 2.40. The monoisotopic (exact) mass is 239 g/mol. The second kappa shape index (κ2) is 6.95. The maximum Gasteiger partial charge on any atom is 0.116 e. The summed E-state index contributed by atoms with van der Waals surface area (Å²) in [5, 5.41) is 12.6. The highest BCUT2D eigenvalue weighted by Gasteiger charge is 2.27. The summed E-state index contributed by atoms with van der Waals surface area (Å²) in [5.41, 5.74) is -0.444. The van der Waals surface area contributed by atoms with E-state index in [1.807, 2.05) is 6.92 Å². The third kappa shape index (κ3) is 5.03. The molecule has 0 aromatic heterocycles. The van der Waals surface area contributed by atoms with Crippen LogP contribution in [0.4, 0.5) is 0 Å². The highest BCUT2D eigenvalue weighted by atomic mass is 16.5. The molecule has 0 radical (unpaired) electrons. The van der Waals surface area contributed by atoms with Crippen LogP contribution in [-0.2, 0) is 4.74 Å². The van der Waals surface area contributed by atoms with Gasteiger partial charge in [-0.2, -0.15) is 5.26 Å². The average molecular weight is 239 g/mol. The van der Waals surface area contributed by atoms with E-state index in [1.54, 1.807) is 0 Å². The Kier molecular flexibility index (Phi) is 5.90. The second-order valence-electron chi connectivity index (χ2n) is 5.14. The van der Waals surface area contributed by atoms with Gasteiger partial charge < -0.3 is 4.74 Å². The van der Waals surface area contributed by atoms with Crippen LogP contribution < -0.4 is 5.32 Å². The lowest BCUT2D eigenvalue weighted by Gasteiger charge is -2.31. The summed E-state index contributed by atoms with van der Waals surface area (Å²) >= 11 is 0. The van der Waals surface area contributed by atoms with Crippen molar-refractivity contribution in [3.63, 3.8) is 0 Å². The molecular formula is C13H25N3O. The standard InChI is InChI=1S/C13H25N3O/c1-4-6-15-13(3,10-14)11-16-7-5-8-17-12(2)9-16/h12,15H,4-9,11H2,1-3H3. The number of hydrogen-bond acceptors (Lipinski definition) is 4. The van der Waals surface area contributed by atoms with Crippen LogP contribution in [0.15, 0.2) is 0 Å². The van der Waals surface area contributed by atoms with E-state index in [2.05, 4.69) is 30.1 Å². The molecule has 2 atom stereocenters. The van der Waals surface area contributed by atoms with Gasteiger partial charge in [-0.3, -0.25) is 10.2 Å². The summed E-state index contributed by atoms with van der Waals surface area (Å²) < 4.78 is 5.62. The normalized spacial score (nSPS) is 25.9. The zero-order chi connectivity index (χ0) is 12.7. The number of rotatable bonds is 5. The Morgan fingerprint density at radius 2 is 2.35 bits per heavy atom. The van der Waals surface area contributed by atoms with Crippen molar-refractivity contribution in [2.24, 2.45) is 0 Å². The van der Waals surface area contributed by atoms with Crippen molar-refractivity contribution in [2.45, 2.75) is 45.3 Å². The molecule has 1 N–H and O–H groups in total. The van der Waals surface area contributed by atoms with E-state index in [4.69, 9.17) is 4.74 Å². The molecule has 1 saturated heterocycles. The maximum absolute atomic E-state index is 9.31. The van der Waals surface area contributed by atoms with Crippen LogP contribution in [0.3, 0.4) is 0 Å². The lowest BCUT2D eigenvalue weighted by Crippen LogP contribution is -2.51. The van der Waals surface area contributed by atoms with Crippen molar-refractivity contribution in [3.05, 3.63) is 0 Å². The van der Waals surface area contributed by atoms with Gasteiger partial charge in [0.25, 0.3) is 0 Å². The number of nitrogens with zero attached hydrogens (tertiary/aromatic N) is 2. The zero-order valence-electron chi connectivity index (χ0n) is 11.3. The molecule has 0 saturated carbocycles. The smallest absolute Gasteiger partial charge is 0.116 e. The molecular weight excluding hydrogens is 214 g/mol. The molecule has 98 valence electrons. The van der Waals surface area contributed by atoms with Gasteiger partial charge in [-0.15, -0.1) is 0 Å². The number of ether oxygens (including phenoxy) is 1. The van der Waals surface area contributed by atoms with Crippen molar-refractivity contribution in [1.29, 1.82) is 5.26 Å². The summed E-state index contributed by atoms with van der Waals surface area (Å²) in [4.78, 5) is 2.34. The zero-order valence-corrected chi connectivity index (χ0v) is 11.3. The van der Waals surface area contributed by atoms with Gasteiger partial charge in [0.2, 0.25) is 0 Å². The van der Waals surface area contributed by atoms with Gasteiger partial charge in [-0.05, 0) is 33.2 Å².